The van der Waals surface area contributed by atoms with Crippen LogP contribution in [0.5, 0.6) is 5.75 Å². The van der Waals surface area contributed by atoms with Gasteiger partial charge >= 0.3 is 0 Å². The summed E-state index contributed by atoms with van der Waals surface area (Å²) in [6.07, 6.45) is -0.0342. The molecule has 2 aromatic rings. The van der Waals surface area contributed by atoms with E-state index in [1.807, 2.05) is 61.6 Å². The number of para-hydroxylation sites is 1. The molecule has 0 saturated carbocycles. The Morgan fingerprint density at radius 3 is 2.57 bits per heavy atom. The third kappa shape index (κ3) is 5.38. The SMILES string of the molecule is CNCC(OCCOc1ccccc1)c1cccc(Cl)c1. The third-order valence-electron chi connectivity index (χ3n) is 3.02. The highest BCUT2D eigenvalue weighted by Gasteiger charge is 2.11. The zero-order valence-electron chi connectivity index (χ0n) is 12.1. The normalized spacial score (nSPS) is 12.1. The van der Waals surface area contributed by atoms with E-state index < -0.39 is 0 Å². The molecule has 112 valence electrons. The molecule has 1 N–H and O–H groups in total. The number of hydrogen-bond acceptors (Lipinski definition) is 3. The van der Waals surface area contributed by atoms with Crippen LogP contribution in [0.15, 0.2) is 54.6 Å². The summed E-state index contributed by atoms with van der Waals surface area (Å²) < 4.78 is 11.5. The first-order valence-electron chi connectivity index (χ1n) is 6.99. The maximum Gasteiger partial charge on any atom is 0.119 e. The molecule has 0 bridgehead atoms. The van der Waals surface area contributed by atoms with Crippen LogP contribution in [0.3, 0.4) is 0 Å². The van der Waals surface area contributed by atoms with E-state index in [2.05, 4.69) is 5.32 Å². The lowest BCUT2D eigenvalue weighted by Gasteiger charge is -2.18. The van der Waals surface area contributed by atoms with Crippen LogP contribution in [0.4, 0.5) is 0 Å². The first-order valence-corrected chi connectivity index (χ1v) is 7.37. The van der Waals surface area contributed by atoms with Gasteiger partial charge in [-0.25, -0.2) is 0 Å². The van der Waals surface area contributed by atoms with Crippen LogP contribution in [0.1, 0.15) is 11.7 Å². The molecule has 2 rings (SSSR count). The van der Waals surface area contributed by atoms with Crippen molar-refractivity contribution in [1.82, 2.24) is 5.32 Å². The molecular formula is C17H20ClNO2. The summed E-state index contributed by atoms with van der Waals surface area (Å²) in [5.41, 5.74) is 1.07. The van der Waals surface area contributed by atoms with Crippen LogP contribution in [0, 0.1) is 0 Å². The largest absolute Gasteiger partial charge is 0.491 e. The van der Waals surface area contributed by atoms with Crippen molar-refractivity contribution < 1.29 is 9.47 Å². The average Bonchev–Trinajstić information content (AvgIpc) is 2.51. The second-order valence-electron chi connectivity index (χ2n) is 4.63. The lowest BCUT2D eigenvalue weighted by molar-refractivity contribution is 0.0341. The van der Waals surface area contributed by atoms with Gasteiger partial charge in [-0.1, -0.05) is 41.9 Å². The molecule has 0 spiro atoms. The Balaban J connectivity index is 1.83. The van der Waals surface area contributed by atoms with Gasteiger partial charge in [0, 0.05) is 11.6 Å². The summed E-state index contributed by atoms with van der Waals surface area (Å²) in [4.78, 5) is 0. The van der Waals surface area contributed by atoms with Gasteiger partial charge in [0.1, 0.15) is 12.4 Å². The van der Waals surface area contributed by atoms with E-state index in [0.717, 1.165) is 22.9 Å². The Bertz CT molecular complexity index is 533. The molecule has 0 fully saturated rings. The van der Waals surface area contributed by atoms with E-state index in [9.17, 15) is 0 Å². The number of hydrogen-bond donors (Lipinski definition) is 1. The summed E-state index contributed by atoms with van der Waals surface area (Å²) in [6, 6.07) is 17.5. The highest BCUT2D eigenvalue weighted by molar-refractivity contribution is 6.30. The topological polar surface area (TPSA) is 30.5 Å². The average molecular weight is 306 g/mol. The second-order valence-corrected chi connectivity index (χ2v) is 5.07. The molecule has 1 unspecified atom stereocenters. The lowest BCUT2D eigenvalue weighted by atomic mass is 10.1. The highest BCUT2D eigenvalue weighted by atomic mass is 35.5. The van der Waals surface area contributed by atoms with Crippen molar-refractivity contribution >= 4 is 11.6 Å². The van der Waals surface area contributed by atoms with Crippen LogP contribution < -0.4 is 10.1 Å². The van der Waals surface area contributed by atoms with Gasteiger partial charge in [-0.3, -0.25) is 0 Å². The van der Waals surface area contributed by atoms with E-state index >= 15 is 0 Å². The van der Waals surface area contributed by atoms with Gasteiger partial charge in [-0.15, -0.1) is 0 Å². The zero-order valence-corrected chi connectivity index (χ0v) is 12.8. The smallest absolute Gasteiger partial charge is 0.119 e. The van der Waals surface area contributed by atoms with Gasteiger partial charge in [-0.05, 0) is 36.9 Å². The van der Waals surface area contributed by atoms with Crippen molar-refractivity contribution in [2.24, 2.45) is 0 Å². The molecule has 21 heavy (non-hydrogen) atoms. The quantitative estimate of drug-likeness (QED) is 0.754. The van der Waals surface area contributed by atoms with Gasteiger partial charge < -0.3 is 14.8 Å². The predicted molar refractivity (Wildman–Crippen MR) is 86.0 cm³/mol. The number of ether oxygens (including phenoxy) is 2. The molecule has 0 aliphatic heterocycles. The van der Waals surface area contributed by atoms with Crippen LogP contribution in [-0.4, -0.2) is 26.8 Å². The summed E-state index contributed by atoms with van der Waals surface area (Å²) in [5.74, 6) is 0.856. The fraction of sp³-hybridized carbons (Fsp3) is 0.294. The van der Waals surface area contributed by atoms with E-state index in [0.29, 0.717) is 13.2 Å². The van der Waals surface area contributed by atoms with Crippen molar-refractivity contribution in [3.8, 4) is 5.75 Å². The molecular weight excluding hydrogens is 286 g/mol. The lowest BCUT2D eigenvalue weighted by Crippen LogP contribution is -2.21. The van der Waals surface area contributed by atoms with Crippen LogP contribution in [-0.2, 0) is 4.74 Å². The molecule has 0 aromatic heterocycles. The van der Waals surface area contributed by atoms with Crippen LogP contribution >= 0.6 is 11.6 Å². The third-order valence-corrected chi connectivity index (χ3v) is 3.26. The Hall–Kier alpha value is -1.55. The molecule has 4 heteroatoms. The minimum Gasteiger partial charge on any atom is -0.491 e. The van der Waals surface area contributed by atoms with Crippen molar-refractivity contribution in [2.45, 2.75) is 6.10 Å². The molecule has 0 saturated heterocycles. The molecule has 3 nitrogen and oxygen atoms in total. The fourth-order valence-electron chi connectivity index (χ4n) is 2.03. The zero-order chi connectivity index (χ0) is 14.9. The standard InChI is InChI=1S/C17H20ClNO2/c1-19-13-17(14-6-5-7-15(18)12-14)21-11-10-20-16-8-3-2-4-9-16/h2-9,12,17,19H,10-11,13H2,1H3. The Kier molecular flexibility index (Phi) is 6.54. The van der Waals surface area contributed by atoms with Gasteiger partial charge in [0.05, 0.1) is 12.7 Å². The number of likely N-dealkylation sites (N-methyl/N-ethyl adjacent to an activating group) is 1. The summed E-state index contributed by atoms with van der Waals surface area (Å²) >= 11 is 6.03. The fourth-order valence-corrected chi connectivity index (χ4v) is 2.23. The summed E-state index contributed by atoms with van der Waals surface area (Å²) in [6.45, 7) is 1.77. The maximum absolute atomic E-state index is 6.03. The monoisotopic (exact) mass is 305 g/mol. The molecule has 1 atom stereocenters. The van der Waals surface area contributed by atoms with Crippen molar-refractivity contribution in [3.05, 3.63) is 65.2 Å². The molecule has 0 radical (unpaired) electrons. The van der Waals surface area contributed by atoms with E-state index in [4.69, 9.17) is 21.1 Å². The van der Waals surface area contributed by atoms with E-state index in [1.165, 1.54) is 0 Å². The Labute approximate surface area is 130 Å². The minimum absolute atomic E-state index is 0.0342. The second kappa shape index (κ2) is 8.67. The van der Waals surface area contributed by atoms with Crippen LogP contribution in [0.2, 0.25) is 5.02 Å². The minimum atomic E-state index is -0.0342. The highest BCUT2D eigenvalue weighted by Crippen LogP contribution is 2.20. The van der Waals surface area contributed by atoms with Crippen molar-refractivity contribution in [2.75, 3.05) is 26.8 Å². The summed E-state index contributed by atoms with van der Waals surface area (Å²) in [5, 5.41) is 3.86. The molecule has 2 aromatic carbocycles. The Morgan fingerprint density at radius 1 is 1.05 bits per heavy atom. The van der Waals surface area contributed by atoms with Crippen LogP contribution in [0.25, 0.3) is 0 Å². The first kappa shape index (κ1) is 15.8. The van der Waals surface area contributed by atoms with Gasteiger partial charge in [-0.2, -0.15) is 0 Å². The molecule has 0 amide bonds. The van der Waals surface area contributed by atoms with E-state index in [-0.39, 0.29) is 6.10 Å². The molecule has 0 heterocycles. The number of nitrogens with one attached hydrogen (secondary N) is 1. The number of benzene rings is 2. The van der Waals surface area contributed by atoms with Gasteiger partial charge in [0.2, 0.25) is 0 Å². The number of halogens is 1. The molecule has 0 aliphatic carbocycles. The first-order chi connectivity index (χ1) is 10.3. The molecule has 0 aliphatic rings. The van der Waals surface area contributed by atoms with Gasteiger partial charge in [0.25, 0.3) is 0 Å². The summed E-state index contributed by atoms with van der Waals surface area (Å²) in [7, 11) is 1.90. The van der Waals surface area contributed by atoms with Crippen molar-refractivity contribution in [1.29, 1.82) is 0 Å². The number of rotatable bonds is 8. The van der Waals surface area contributed by atoms with Gasteiger partial charge in [0.15, 0.2) is 0 Å². The predicted octanol–water partition coefficient (Wildman–Crippen LogP) is 3.70. The van der Waals surface area contributed by atoms with Crippen molar-refractivity contribution in [3.63, 3.8) is 0 Å². The van der Waals surface area contributed by atoms with E-state index in [1.54, 1.807) is 0 Å². The Morgan fingerprint density at radius 2 is 1.86 bits per heavy atom. The maximum atomic E-state index is 6.03.